The van der Waals surface area contributed by atoms with Crippen LogP contribution in [0.15, 0.2) is 70.7 Å². The van der Waals surface area contributed by atoms with Crippen molar-refractivity contribution in [1.82, 2.24) is 33.9 Å². The van der Waals surface area contributed by atoms with E-state index >= 15 is 9.18 Å². The van der Waals surface area contributed by atoms with E-state index < -0.39 is 25.1 Å². The molecule has 1 amide bonds. The largest absolute Gasteiger partial charge is 0.387 e. The number of hydrogen-bond acceptors (Lipinski definition) is 10. The number of carbonyl (C=O) groups excluding carboxylic acids is 1. The minimum absolute atomic E-state index is 0.0608. The summed E-state index contributed by atoms with van der Waals surface area (Å²) in [6.45, 7) is 15.1. The average molecular weight is 932 g/mol. The first-order valence-corrected chi connectivity index (χ1v) is 25.5. The predicted molar refractivity (Wildman–Crippen MR) is 258 cm³/mol. The molecule has 4 aliphatic rings. The van der Waals surface area contributed by atoms with Crippen LogP contribution in [0.2, 0.25) is 0 Å². The number of anilines is 1. The van der Waals surface area contributed by atoms with Crippen LogP contribution in [0.5, 0.6) is 0 Å². The standard InChI is InChI=1S/C50H59FN9O6P/c1-9-67(64,10-2)44-30(5)23-36(26-39(44)52-8)57-17-18-58(49(57)63)45-42-32(7)56(16-13-38(42)54-60(45)37-21-28(3)43(51)29(4)22-37)46(61)41-25-35-24-34(33-14-19-65-20-15-33)11-12-40(35)59(41)50(27-31(50)6)47-53-48(62)66-55-47/h11-12,17-18,21-26,31-33,48,52,62H,9-10,13-16,19-20,27H2,1-8H3,(H,53,55). The van der Waals surface area contributed by atoms with Gasteiger partial charge >= 0.3 is 5.69 Å². The Labute approximate surface area is 388 Å². The fourth-order valence-electron chi connectivity index (χ4n) is 11.2. The lowest BCUT2D eigenvalue weighted by Gasteiger charge is -2.34. The van der Waals surface area contributed by atoms with Crippen LogP contribution in [0.25, 0.3) is 28.1 Å². The van der Waals surface area contributed by atoms with Crippen molar-refractivity contribution in [3.05, 3.63) is 116 Å². The second-order valence-corrected chi connectivity index (χ2v) is 22.3. The zero-order valence-corrected chi connectivity index (χ0v) is 40.3. The van der Waals surface area contributed by atoms with Crippen LogP contribution in [-0.2, 0) is 26.1 Å². The van der Waals surface area contributed by atoms with Crippen LogP contribution < -0.4 is 21.8 Å². The molecule has 3 aliphatic heterocycles. The number of amides is 1. The van der Waals surface area contributed by atoms with E-state index in [1.807, 2.05) is 50.8 Å². The van der Waals surface area contributed by atoms with Crippen molar-refractivity contribution in [2.24, 2.45) is 10.9 Å². The Hall–Kier alpha value is -5.80. The van der Waals surface area contributed by atoms with Crippen molar-refractivity contribution >= 4 is 40.8 Å². The van der Waals surface area contributed by atoms with Crippen LogP contribution in [0.1, 0.15) is 103 Å². The number of rotatable bonds is 11. The molecule has 3 N–H and O–H groups in total. The molecule has 1 aliphatic carbocycles. The highest BCUT2D eigenvalue weighted by Gasteiger charge is 2.60. The van der Waals surface area contributed by atoms with Crippen molar-refractivity contribution in [2.75, 3.05) is 44.4 Å². The van der Waals surface area contributed by atoms with E-state index in [4.69, 9.17) is 14.7 Å². The van der Waals surface area contributed by atoms with E-state index in [0.29, 0.717) is 102 Å². The molecular weight excluding hydrogens is 873 g/mol. The lowest BCUT2D eigenvalue weighted by molar-refractivity contribution is -0.103. The van der Waals surface area contributed by atoms with Crippen LogP contribution in [0, 0.1) is 32.5 Å². The van der Waals surface area contributed by atoms with Crippen molar-refractivity contribution in [2.45, 2.75) is 98.1 Å². The number of ether oxygens (including phenoxy) is 1. The molecule has 0 spiro atoms. The number of aliphatic hydroxyl groups excluding tert-OH is 1. The first-order chi connectivity index (χ1) is 32.1. The summed E-state index contributed by atoms with van der Waals surface area (Å²) in [4.78, 5) is 42.2. The number of imidazole rings is 1. The lowest BCUT2D eigenvalue weighted by Crippen LogP contribution is -2.43. The maximum Gasteiger partial charge on any atom is 0.338 e. The Morgan fingerprint density at radius 2 is 1.67 bits per heavy atom. The number of hydrogen-bond donors (Lipinski definition) is 3. The van der Waals surface area contributed by atoms with Crippen LogP contribution in [-0.4, -0.2) is 90.8 Å². The zero-order chi connectivity index (χ0) is 47.3. The summed E-state index contributed by atoms with van der Waals surface area (Å²) in [7, 11) is -0.889. The van der Waals surface area contributed by atoms with Gasteiger partial charge in [-0.3, -0.25) is 13.9 Å². The number of nitrogens with one attached hydrogen (secondary N) is 2. The van der Waals surface area contributed by atoms with Crippen LogP contribution >= 0.6 is 7.14 Å². The highest BCUT2D eigenvalue weighted by Crippen LogP contribution is 2.54. The third-order valence-corrected chi connectivity index (χ3v) is 18.4. The van der Waals surface area contributed by atoms with E-state index in [-0.39, 0.29) is 23.3 Å². The van der Waals surface area contributed by atoms with Crippen LogP contribution in [0.3, 0.4) is 0 Å². The van der Waals surface area contributed by atoms with Gasteiger partial charge in [0.05, 0.1) is 23.1 Å². The van der Waals surface area contributed by atoms with Gasteiger partial charge in [0.2, 0.25) is 0 Å². The minimum atomic E-state index is -2.69. The molecule has 4 atom stereocenters. The van der Waals surface area contributed by atoms with E-state index in [9.17, 15) is 14.5 Å². The van der Waals surface area contributed by atoms with Gasteiger partial charge in [-0.05, 0) is 124 Å². The van der Waals surface area contributed by atoms with E-state index in [1.54, 1.807) is 59.2 Å². The highest BCUT2D eigenvalue weighted by molar-refractivity contribution is 7.72. The quantitative estimate of drug-likeness (QED) is 0.112. The highest BCUT2D eigenvalue weighted by atomic mass is 31.2. The number of aliphatic imine (C=N–C) groups is 1. The zero-order valence-electron chi connectivity index (χ0n) is 39.4. The monoisotopic (exact) mass is 931 g/mol. The molecule has 17 heteroatoms. The number of aryl methyl sites for hydroxylation is 3. The number of hydroxylamine groups is 1. The number of benzene rings is 3. The maximum absolute atomic E-state index is 15.6. The molecule has 6 aromatic rings. The SMILES string of the molecule is CCP(=O)(CC)c1c(C)cc(-n2ccn(-c3c4c(nn3-c3cc(C)c(F)c(C)c3)CCN(C(=O)c3cc5cc(C6CCOCC6)ccc5n3C3(C5=NC(O)ON5)CC3C)C4C)c2=O)cc1NC. The summed E-state index contributed by atoms with van der Waals surface area (Å²) in [6.07, 6.45) is 6.00. The van der Waals surface area contributed by atoms with Gasteiger partial charge in [-0.2, -0.15) is 5.10 Å². The van der Waals surface area contributed by atoms with Gasteiger partial charge in [0, 0.05) is 85.4 Å². The molecule has 3 aromatic heterocycles. The second-order valence-electron chi connectivity index (χ2n) is 18.8. The van der Waals surface area contributed by atoms with E-state index in [2.05, 4.69) is 45.5 Å². The Kier molecular flexibility index (Phi) is 11.3. The van der Waals surface area contributed by atoms with Crippen molar-refractivity contribution in [3.8, 4) is 17.2 Å². The molecule has 4 unspecified atom stereocenters. The first kappa shape index (κ1) is 45.0. The molecule has 10 rings (SSSR count). The number of aliphatic hydroxyl groups is 1. The number of aromatic nitrogens is 5. The molecule has 352 valence electrons. The molecule has 2 fully saturated rings. The fourth-order valence-corrected chi connectivity index (χ4v) is 13.6. The lowest BCUT2D eigenvalue weighted by atomic mass is 9.91. The Morgan fingerprint density at radius 3 is 2.31 bits per heavy atom. The van der Waals surface area contributed by atoms with Gasteiger partial charge in [-0.1, -0.05) is 26.8 Å². The molecular formula is C50H59FN9O6P. The van der Waals surface area contributed by atoms with Gasteiger partial charge in [-0.25, -0.2) is 29.2 Å². The fraction of sp³-hybridized carbons (Fsp3) is 0.440. The molecule has 15 nitrogen and oxygen atoms in total. The number of halogens is 1. The Bertz CT molecular complexity index is 3090. The molecule has 3 aromatic carbocycles. The van der Waals surface area contributed by atoms with Gasteiger partial charge in [-0.15, -0.1) is 0 Å². The average Bonchev–Trinajstić information content (AvgIpc) is 3.82. The number of fused-ring (bicyclic) bond motifs is 2. The summed E-state index contributed by atoms with van der Waals surface area (Å²) < 4.78 is 41.9. The third kappa shape index (κ3) is 7.12. The molecule has 0 radical (unpaired) electrons. The van der Waals surface area contributed by atoms with Gasteiger partial charge < -0.3 is 29.2 Å². The topological polar surface area (TPSA) is 162 Å². The number of amidine groups is 1. The van der Waals surface area contributed by atoms with Gasteiger partial charge in [0.25, 0.3) is 12.3 Å². The minimum Gasteiger partial charge on any atom is -0.387 e. The number of carbonyl (C=O) groups is 1. The summed E-state index contributed by atoms with van der Waals surface area (Å²) >= 11 is 0. The van der Waals surface area contributed by atoms with E-state index in [0.717, 1.165) is 40.3 Å². The van der Waals surface area contributed by atoms with Crippen molar-refractivity contribution in [1.29, 1.82) is 0 Å². The summed E-state index contributed by atoms with van der Waals surface area (Å²) in [6, 6.07) is 15.1. The molecule has 67 heavy (non-hydrogen) atoms. The van der Waals surface area contributed by atoms with E-state index in [1.165, 1.54) is 5.56 Å². The molecule has 6 heterocycles. The molecule has 0 bridgehead atoms. The smallest absolute Gasteiger partial charge is 0.338 e. The summed E-state index contributed by atoms with van der Waals surface area (Å²) in [5.41, 5.74) is 9.30. The van der Waals surface area contributed by atoms with Crippen molar-refractivity contribution < 1.29 is 28.4 Å². The molecule has 1 saturated carbocycles. The Morgan fingerprint density at radius 1 is 0.985 bits per heavy atom. The normalized spacial score (nSPS) is 22.0. The Balaban J connectivity index is 1.11. The van der Waals surface area contributed by atoms with Gasteiger partial charge in [0.1, 0.15) is 30.0 Å². The maximum atomic E-state index is 15.6. The first-order valence-electron chi connectivity index (χ1n) is 23.5. The van der Waals surface area contributed by atoms with Gasteiger partial charge in [0.15, 0.2) is 5.84 Å². The predicted octanol–water partition coefficient (Wildman–Crippen LogP) is 7.50. The summed E-state index contributed by atoms with van der Waals surface area (Å²) in [5, 5.41) is 20.5. The number of nitrogens with zero attached hydrogens (tertiary/aromatic N) is 7. The third-order valence-electron chi connectivity index (χ3n) is 15.0. The second kappa shape index (κ2) is 16.8. The molecule has 1 saturated heterocycles. The van der Waals surface area contributed by atoms with Crippen molar-refractivity contribution in [3.63, 3.8) is 0 Å². The summed E-state index contributed by atoms with van der Waals surface area (Å²) in [5.74, 6) is 0.798. The van der Waals surface area contributed by atoms with Crippen LogP contribution in [0.4, 0.5) is 10.1 Å².